The van der Waals surface area contributed by atoms with Gasteiger partial charge in [0, 0.05) is 24.5 Å². The van der Waals surface area contributed by atoms with Crippen LogP contribution in [0.4, 0.5) is 11.4 Å². The molecule has 0 amide bonds. The first-order valence-corrected chi connectivity index (χ1v) is 5.36. The van der Waals surface area contributed by atoms with Crippen molar-refractivity contribution in [1.29, 1.82) is 0 Å². The van der Waals surface area contributed by atoms with E-state index >= 15 is 0 Å². The molecule has 0 spiro atoms. The van der Waals surface area contributed by atoms with Crippen LogP contribution in [0.1, 0.15) is 5.56 Å². The van der Waals surface area contributed by atoms with Gasteiger partial charge in [-0.05, 0) is 25.1 Å². The molecule has 1 aromatic carbocycles. The van der Waals surface area contributed by atoms with Gasteiger partial charge in [0.15, 0.2) is 0 Å². The lowest BCUT2D eigenvalue weighted by atomic mass is 10.2. The molecule has 1 aromatic heterocycles. The number of hydrogen-bond acceptors (Lipinski definition) is 4. The van der Waals surface area contributed by atoms with E-state index in [2.05, 4.69) is 0 Å². The Morgan fingerprint density at radius 1 is 1.17 bits per heavy atom. The number of benzene rings is 1. The van der Waals surface area contributed by atoms with E-state index in [4.69, 9.17) is 11.5 Å². The fourth-order valence-electron chi connectivity index (χ4n) is 1.78. The third-order valence-corrected chi connectivity index (χ3v) is 2.77. The van der Waals surface area contributed by atoms with Gasteiger partial charge >= 0.3 is 5.69 Å². The molecule has 0 fully saturated rings. The summed E-state index contributed by atoms with van der Waals surface area (Å²) < 4.78 is 2.39. The molecule has 0 aliphatic carbocycles. The number of nitrogens with zero attached hydrogens (tertiary/aromatic N) is 2. The Balaban J connectivity index is 2.80. The first kappa shape index (κ1) is 12.0. The summed E-state index contributed by atoms with van der Waals surface area (Å²) in [4.78, 5) is 23.6. The van der Waals surface area contributed by atoms with Gasteiger partial charge < -0.3 is 11.5 Å². The molecular formula is C12H14N4O2. The van der Waals surface area contributed by atoms with Gasteiger partial charge in [0.25, 0.3) is 5.56 Å². The molecule has 2 rings (SSSR count). The van der Waals surface area contributed by atoms with Gasteiger partial charge in [-0.15, -0.1) is 0 Å². The Morgan fingerprint density at radius 3 is 2.44 bits per heavy atom. The first-order chi connectivity index (χ1) is 8.41. The van der Waals surface area contributed by atoms with E-state index in [9.17, 15) is 9.59 Å². The Labute approximate surface area is 103 Å². The van der Waals surface area contributed by atoms with E-state index in [0.717, 1.165) is 4.57 Å². The zero-order chi connectivity index (χ0) is 13.4. The first-order valence-electron chi connectivity index (χ1n) is 5.36. The molecule has 0 saturated heterocycles. The van der Waals surface area contributed by atoms with E-state index in [1.165, 1.54) is 17.8 Å². The molecule has 0 saturated carbocycles. The van der Waals surface area contributed by atoms with E-state index in [0.29, 0.717) is 22.6 Å². The van der Waals surface area contributed by atoms with Gasteiger partial charge in [-0.1, -0.05) is 0 Å². The number of nitrogens with two attached hydrogens (primary N) is 2. The zero-order valence-electron chi connectivity index (χ0n) is 10.2. The van der Waals surface area contributed by atoms with Crippen LogP contribution < -0.4 is 22.7 Å². The van der Waals surface area contributed by atoms with Crippen LogP contribution in [0.25, 0.3) is 5.69 Å². The molecule has 2 aromatic rings. The van der Waals surface area contributed by atoms with Gasteiger partial charge in [0.1, 0.15) is 0 Å². The van der Waals surface area contributed by atoms with Gasteiger partial charge in [-0.3, -0.25) is 13.9 Å². The molecule has 6 heteroatoms. The monoisotopic (exact) mass is 246 g/mol. The number of aryl methyl sites for hydroxylation is 1. The van der Waals surface area contributed by atoms with Crippen molar-refractivity contribution in [2.24, 2.45) is 7.05 Å². The highest BCUT2D eigenvalue weighted by molar-refractivity contribution is 5.64. The van der Waals surface area contributed by atoms with E-state index in [1.807, 2.05) is 0 Å². The SMILES string of the molecule is Cc1cn(-c2ccc(N)cc2N)c(=O)n(C)c1=O. The molecule has 94 valence electrons. The maximum atomic E-state index is 12.0. The summed E-state index contributed by atoms with van der Waals surface area (Å²) in [5.41, 5.74) is 12.6. The van der Waals surface area contributed by atoms with Gasteiger partial charge in [-0.25, -0.2) is 4.79 Å². The van der Waals surface area contributed by atoms with Crippen LogP contribution >= 0.6 is 0 Å². The molecule has 18 heavy (non-hydrogen) atoms. The topological polar surface area (TPSA) is 96.0 Å². The minimum atomic E-state index is -0.443. The minimum absolute atomic E-state index is 0.315. The van der Waals surface area contributed by atoms with Crippen molar-refractivity contribution in [3.8, 4) is 5.69 Å². The van der Waals surface area contributed by atoms with Crippen molar-refractivity contribution in [3.05, 3.63) is 50.8 Å². The quantitative estimate of drug-likeness (QED) is 0.693. The highest BCUT2D eigenvalue weighted by Gasteiger charge is 2.09. The van der Waals surface area contributed by atoms with Crippen molar-refractivity contribution >= 4 is 11.4 Å². The summed E-state index contributed by atoms with van der Waals surface area (Å²) in [6, 6.07) is 4.87. The van der Waals surface area contributed by atoms with Crippen LogP contribution in [0.3, 0.4) is 0 Å². The number of aromatic nitrogens is 2. The predicted octanol–water partition coefficient (Wildman–Crippen LogP) is 0.00902. The second kappa shape index (κ2) is 4.06. The standard InChI is InChI=1S/C12H14N4O2/c1-7-6-16(12(18)15(2)11(7)17)10-4-3-8(13)5-9(10)14/h3-6H,13-14H2,1-2H3. The molecule has 1 heterocycles. The van der Waals surface area contributed by atoms with Crippen LogP contribution in [-0.4, -0.2) is 9.13 Å². The molecule has 0 aliphatic rings. The summed E-state index contributed by atoms with van der Waals surface area (Å²) in [6.45, 7) is 1.64. The molecule has 6 nitrogen and oxygen atoms in total. The smallest absolute Gasteiger partial charge is 0.335 e. The maximum Gasteiger partial charge on any atom is 0.335 e. The predicted molar refractivity (Wildman–Crippen MR) is 70.8 cm³/mol. The maximum absolute atomic E-state index is 12.0. The second-order valence-corrected chi connectivity index (χ2v) is 4.15. The van der Waals surface area contributed by atoms with Crippen LogP contribution in [0.5, 0.6) is 0 Å². The van der Waals surface area contributed by atoms with Gasteiger partial charge in [-0.2, -0.15) is 0 Å². The second-order valence-electron chi connectivity index (χ2n) is 4.15. The third-order valence-electron chi connectivity index (χ3n) is 2.77. The summed E-state index contributed by atoms with van der Waals surface area (Å²) in [5.74, 6) is 0. The van der Waals surface area contributed by atoms with Crippen molar-refractivity contribution in [3.63, 3.8) is 0 Å². The molecule has 0 unspecified atom stereocenters. The molecule has 0 atom stereocenters. The lowest BCUT2D eigenvalue weighted by molar-refractivity contribution is 0.719. The number of hydrogen-bond donors (Lipinski definition) is 2. The Kier molecular flexibility index (Phi) is 2.70. The fraction of sp³-hybridized carbons (Fsp3) is 0.167. The van der Waals surface area contributed by atoms with Crippen LogP contribution in [0, 0.1) is 6.92 Å². The lowest BCUT2D eigenvalue weighted by Crippen LogP contribution is -2.38. The summed E-state index contributed by atoms with van der Waals surface area (Å²) in [7, 11) is 1.43. The normalized spacial score (nSPS) is 10.6. The Morgan fingerprint density at radius 2 is 1.83 bits per heavy atom. The van der Waals surface area contributed by atoms with Crippen LogP contribution in [0.15, 0.2) is 34.0 Å². The Bertz CT molecular complexity index is 728. The van der Waals surface area contributed by atoms with Gasteiger partial charge in [0.2, 0.25) is 0 Å². The lowest BCUT2D eigenvalue weighted by Gasteiger charge is -2.11. The Hall–Kier alpha value is -2.50. The number of rotatable bonds is 1. The number of anilines is 2. The molecule has 0 bridgehead atoms. The largest absolute Gasteiger partial charge is 0.399 e. The molecule has 0 radical (unpaired) electrons. The summed E-state index contributed by atoms with van der Waals surface area (Å²) in [5, 5.41) is 0. The third kappa shape index (κ3) is 1.77. The van der Waals surface area contributed by atoms with Crippen molar-refractivity contribution in [1.82, 2.24) is 9.13 Å². The zero-order valence-corrected chi connectivity index (χ0v) is 10.2. The van der Waals surface area contributed by atoms with Gasteiger partial charge in [0.05, 0.1) is 11.4 Å². The van der Waals surface area contributed by atoms with Crippen molar-refractivity contribution < 1.29 is 0 Å². The minimum Gasteiger partial charge on any atom is -0.399 e. The average Bonchev–Trinajstić information content (AvgIpc) is 2.32. The fourth-order valence-corrected chi connectivity index (χ4v) is 1.78. The highest BCUT2D eigenvalue weighted by atomic mass is 16.2. The van der Waals surface area contributed by atoms with E-state index in [1.54, 1.807) is 25.1 Å². The molecule has 4 N–H and O–H groups in total. The molecule has 0 aliphatic heterocycles. The average molecular weight is 246 g/mol. The van der Waals surface area contributed by atoms with Crippen LogP contribution in [0.2, 0.25) is 0 Å². The van der Waals surface area contributed by atoms with Crippen molar-refractivity contribution in [2.45, 2.75) is 6.92 Å². The van der Waals surface area contributed by atoms with Crippen LogP contribution in [-0.2, 0) is 7.05 Å². The highest BCUT2D eigenvalue weighted by Crippen LogP contribution is 2.18. The number of nitrogen functional groups attached to an aromatic ring is 2. The van der Waals surface area contributed by atoms with Crippen molar-refractivity contribution in [2.75, 3.05) is 11.5 Å². The van der Waals surface area contributed by atoms with E-state index in [-0.39, 0.29) is 5.56 Å². The molecular weight excluding hydrogens is 232 g/mol. The summed E-state index contributed by atoms with van der Waals surface area (Å²) >= 11 is 0. The van der Waals surface area contributed by atoms with E-state index < -0.39 is 5.69 Å². The summed E-state index contributed by atoms with van der Waals surface area (Å²) in [6.07, 6.45) is 1.48.